The Balaban J connectivity index is 1.35. The molecule has 3 saturated heterocycles. The number of anilines is 1. The molecule has 1 spiro atoms. The van der Waals surface area contributed by atoms with Crippen LogP contribution in [0.15, 0.2) is 18.2 Å². The number of benzene rings is 1. The smallest absolute Gasteiger partial charge is 0.426 e. The molecule has 0 saturated carbocycles. The van der Waals surface area contributed by atoms with E-state index in [0.717, 1.165) is 35.4 Å². The largest absolute Gasteiger partial charge is 0.434 e. The molecular formula is C23H27ClF6N4O3. The molecule has 7 nitrogen and oxygen atoms in total. The third-order valence-corrected chi connectivity index (χ3v) is 7.55. The fourth-order valence-electron chi connectivity index (χ4n) is 5.16. The van der Waals surface area contributed by atoms with E-state index in [9.17, 15) is 35.9 Å². The molecule has 3 fully saturated rings. The van der Waals surface area contributed by atoms with Crippen LogP contribution in [0, 0.1) is 5.41 Å². The Morgan fingerprint density at radius 2 is 1.62 bits per heavy atom. The van der Waals surface area contributed by atoms with E-state index in [1.54, 1.807) is 6.07 Å². The first-order valence-corrected chi connectivity index (χ1v) is 12.3. The summed E-state index contributed by atoms with van der Waals surface area (Å²) in [6.07, 6.45) is -15.1. The second-order valence-corrected chi connectivity index (χ2v) is 10.1. The van der Waals surface area contributed by atoms with Crippen molar-refractivity contribution in [3.8, 4) is 0 Å². The van der Waals surface area contributed by atoms with E-state index in [1.807, 2.05) is 17.0 Å². The number of piperidine rings is 1. The molecule has 1 N–H and O–H groups in total. The zero-order chi connectivity index (χ0) is 27.0. The van der Waals surface area contributed by atoms with Crippen LogP contribution in [-0.2, 0) is 16.1 Å². The molecule has 37 heavy (non-hydrogen) atoms. The van der Waals surface area contributed by atoms with Crippen LogP contribution in [0.1, 0.15) is 24.8 Å². The van der Waals surface area contributed by atoms with Crippen LogP contribution in [0.2, 0.25) is 5.02 Å². The molecule has 1 aromatic carbocycles. The number of ether oxygens (including phenoxy) is 1. The molecule has 0 unspecified atom stereocenters. The van der Waals surface area contributed by atoms with Crippen molar-refractivity contribution in [1.82, 2.24) is 15.1 Å². The van der Waals surface area contributed by atoms with E-state index in [4.69, 9.17) is 11.6 Å². The zero-order valence-electron chi connectivity index (χ0n) is 19.8. The summed E-state index contributed by atoms with van der Waals surface area (Å²) in [4.78, 5) is 29.3. The van der Waals surface area contributed by atoms with Crippen molar-refractivity contribution >= 4 is 29.3 Å². The molecular weight excluding hydrogens is 530 g/mol. The highest BCUT2D eigenvalue weighted by Gasteiger charge is 2.60. The van der Waals surface area contributed by atoms with Crippen LogP contribution in [0.3, 0.4) is 0 Å². The van der Waals surface area contributed by atoms with Crippen LogP contribution in [0.4, 0.5) is 36.8 Å². The van der Waals surface area contributed by atoms with Gasteiger partial charge in [-0.05, 0) is 37.0 Å². The van der Waals surface area contributed by atoms with E-state index < -0.39 is 24.5 Å². The standard InChI is InChI=1S/C23H27ClF6N4O3/c24-16-2-1-15(17(13-16)33-7-4-21(5-8-33)3-6-31-19(21)35)14-32-9-11-34(12-10-32)20(36)37-18(22(25,26)27)23(28,29)30/h1-2,13,18H,3-12,14H2,(H,31,35). The molecule has 0 bridgehead atoms. The Labute approximate surface area is 214 Å². The lowest BCUT2D eigenvalue weighted by atomic mass is 9.77. The van der Waals surface area contributed by atoms with Gasteiger partial charge >= 0.3 is 18.4 Å². The second kappa shape index (κ2) is 10.4. The summed E-state index contributed by atoms with van der Waals surface area (Å²) >= 11 is 6.26. The molecule has 3 aliphatic rings. The van der Waals surface area contributed by atoms with Crippen LogP contribution < -0.4 is 10.2 Å². The number of hydrogen-bond donors (Lipinski definition) is 1. The first-order chi connectivity index (χ1) is 17.3. The number of carbonyl (C=O) groups is 2. The maximum atomic E-state index is 12.7. The number of nitrogens with one attached hydrogen (secondary N) is 1. The lowest BCUT2D eigenvalue weighted by molar-refractivity contribution is -0.308. The van der Waals surface area contributed by atoms with Gasteiger partial charge in [-0.3, -0.25) is 9.69 Å². The number of halogens is 7. The van der Waals surface area contributed by atoms with Crippen molar-refractivity contribution in [3.05, 3.63) is 28.8 Å². The average Bonchev–Trinajstić information content (AvgIpc) is 3.17. The molecule has 0 aliphatic carbocycles. The van der Waals surface area contributed by atoms with Crippen LogP contribution >= 0.6 is 11.6 Å². The highest BCUT2D eigenvalue weighted by atomic mass is 35.5. The van der Waals surface area contributed by atoms with E-state index in [2.05, 4.69) is 15.0 Å². The van der Waals surface area contributed by atoms with Gasteiger partial charge in [0.25, 0.3) is 6.10 Å². The summed E-state index contributed by atoms with van der Waals surface area (Å²) in [5, 5.41) is 3.46. The van der Waals surface area contributed by atoms with Gasteiger partial charge in [-0.15, -0.1) is 0 Å². The number of hydrogen-bond acceptors (Lipinski definition) is 5. The summed E-state index contributed by atoms with van der Waals surface area (Å²) < 4.78 is 80.1. The summed E-state index contributed by atoms with van der Waals surface area (Å²) in [6, 6.07) is 5.48. The minimum Gasteiger partial charge on any atom is -0.426 e. The maximum absolute atomic E-state index is 12.7. The summed E-state index contributed by atoms with van der Waals surface area (Å²) in [6.45, 7) is 2.82. The monoisotopic (exact) mass is 556 g/mol. The average molecular weight is 557 g/mol. The van der Waals surface area contributed by atoms with Crippen molar-refractivity contribution in [3.63, 3.8) is 0 Å². The summed E-state index contributed by atoms with van der Waals surface area (Å²) in [5.74, 6) is 0.103. The quantitative estimate of drug-likeness (QED) is 0.564. The molecule has 0 atom stereocenters. The predicted molar refractivity (Wildman–Crippen MR) is 122 cm³/mol. The van der Waals surface area contributed by atoms with Crippen molar-refractivity contribution in [1.29, 1.82) is 0 Å². The topological polar surface area (TPSA) is 65.1 Å². The number of rotatable bonds is 4. The molecule has 206 valence electrons. The molecule has 14 heteroatoms. The van der Waals surface area contributed by atoms with Crippen molar-refractivity contribution in [2.45, 2.75) is 44.3 Å². The van der Waals surface area contributed by atoms with Gasteiger partial charge in [0.05, 0.1) is 5.41 Å². The normalized spacial score (nSPS) is 21.0. The fourth-order valence-corrected chi connectivity index (χ4v) is 5.32. The Hall–Kier alpha value is -2.41. The van der Waals surface area contributed by atoms with E-state index in [-0.39, 0.29) is 37.5 Å². The Morgan fingerprint density at radius 1 is 1.00 bits per heavy atom. The molecule has 2 amide bonds. The van der Waals surface area contributed by atoms with Crippen LogP contribution in [-0.4, -0.2) is 86.1 Å². The molecule has 1 aromatic rings. The number of nitrogens with zero attached hydrogens (tertiary/aromatic N) is 3. The number of alkyl halides is 6. The summed E-state index contributed by atoms with van der Waals surface area (Å²) in [7, 11) is 0. The van der Waals surface area contributed by atoms with Crippen molar-refractivity contribution in [2.75, 3.05) is 50.7 Å². The van der Waals surface area contributed by atoms with Gasteiger partial charge < -0.3 is 19.9 Å². The van der Waals surface area contributed by atoms with Crippen molar-refractivity contribution < 1.29 is 40.7 Å². The van der Waals surface area contributed by atoms with Gasteiger partial charge in [0.2, 0.25) is 5.91 Å². The Kier molecular flexibility index (Phi) is 7.76. The van der Waals surface area contributed by atoms with Crippen molar-refractivity contribution in [2.24, 2.45) is 5.41 Å². The highest BCUT2D eigenvalue weighted by Crippen LogP contribution is 2.40. The number of amides is 2. The second-order valence-electron chi connectivity index (χ2n) is 9.66. The molecule has 0 radical (unpaired) electrons. The number of piperazine rings is 1. The molecule has 3 heterocycles. The third-order valence-electron chi connectivity index (χ3n) is 7.32. The van der Waals surface area contributed by atoms with Gasteiger partial charge in [0, 0.05) is 63.1 Å². The van der Waals surface area contributed by atoms with E-state index in [1.165, 1.54) is 0 Å². The fraction of sp³-hybridized carbons (Fsp3) is 0.652. The number of carbonyl (C=O) groups excluding carboxylic acids is 2. The maximum Gasteiger partial charge on any atom is 0.434 e. The summed E-state index contributed by atoms with van der Waals surface area (Å²) in [5.41, 5.74) is 1.54. The highest BCUT2D eigenvalue weighted by molar-refractivity contribution is 6.30. The minimum atomic E-state index is -5.75. The van der Waals surface area contributed by atoms with Gasteiger partial charge in [0.1, 0.15) is 0 Å². The SMILES string of the molecule is O=C(OC(C(F)(F)F)C(F)(F)F)N1CCN(Cc2ccc(Cl)cc2N2CCC3(CCNC3=O)CC2)CC1. The molecule has 3 aliphatic heterocycles. The first-order valence-electron chi connectivity index (χ1n) is 11.9. The third kappa shape index (κ3) is 6.19. The predicted octanol–water partition coefficient (Wildman–Crippen LogP) is 4.19. The van der Waals surface area contributed by atoms with Crippen LogP contribution in [0.5, 0.6) is 0 Å². The lowest BCUT2D eigenvalue weighted by Gasteiger charge is -2.40. The van der Waals surface area contributed by atoms with E-state index >= 15 is 0 Å². The Bertz CT molecular complexity index is 991. The zero-order valence-corrected chi connectivity index (χ0v) is 20.6. The van der Waals surface area contributed by atoms with E-state index in [0.29, 0.717) is 31.2 Å². The van der Waals surface area contributed by atoms with Gasteiger partial charge in [-0.25, -0.2) is 4.79 Å². The van der Waals surface area contributed by atoms with Gasteiger partial charge in [-0.1, -0.05) is 17.7 Å². The van der Waals surface area contributed by atoms with Gasteiger partial charge in [-0.2, -0.15) is 26.3 Å². The first kappa shape index (κ1) is 27.6. The molecule has 0 aromatic heterocycles. The lowest BCUT2D eigenvalue weighted by Crippen LogP contribution is -2.52. The van der Waals surface area contributed by atoms with Crippen LogP contribution in [0.25, 0.3) is 0 Å². The molecule has 4 rings (SSSR count). The Morgan fingerprint density at radius 3 is 2.16 bits per heavy atom. The van der Waals surface area contributed by atoms with Gasteiger partial charge in [0.15, 0.2) is 0 Å². The minimum absolute atomic E-state index is 0.0778.